The van der Waals surface area contributed by atoms with Crippen molar-refractivity contribution in [3.63, 3.8) is 0 Å². The van der Waals surface area contributed by atoms with Gasteiger partial charge in [-0.15, -0.1) is 0 Å². The third-order valence-corrected chi connectivity index (χ3v) is 2.93. The quantitative estimate of drug-likeness (QED) is 0.733. The molecular formula is C20H20O2. The average molecular weight is 292 g/mol. The lowest BCUT2D eigenvalue weighted by molar-refractivity contribution is 0.143. The van der Waals surface area contributed by atoms with Crippen molar-refractivity contribution in [1.29, 1.82) is 0 Å². The highest BCUT2D eigenvalue weighted by Crippen LogP contribution is 2.22. The Bertz CT molecular complexity index is 739. The predicted octanol–water partition coefficient (Wildman–Crippen LogP) is 3.08. The molecule has 0 aliphatic carbocycles. The maximum Gasteiger partial charge on any atom is 0.120 e. The highest BCUT2D eigenvalue weighted by atomic mass is 16.3. The van der Waals surface area contributed by atoms with Crippen LogP contribution < -0.4 is 0 Å². The van der Waals surface area contributed by atoms with Gasteiger partial charge in [0.1, 0.15) is 11.2 Å². The van der Waals surface area contributed by atoms with Crippen LogP contribution in [0.15, 0.2) is 36.4 Å². The van der Waals surface area contributed by atoms with Crippen molar-refractivity contribution in [2.75, 3.05) is 0 Å². The summed E-state index contributed by atoms with van der Waals surface area (Å²) in [6.07, 6.45) is 0. The molecule has 2 aromatic rings. The summed E-state index contributed by atoms with van der Waals surface area (Å²) >= 11 is 0. The average Bonchev–Trinajstić information content (AvgIpc) is 2.41. The zero-order chi connectivity index (χ0) is 16.4. The normalized spacial score (nSPS) is 11.4. The number of rotatable bonds is 0. The maximum atomic E-state index is 9.76. The first-order valence-electron chi connectivity index (χ1n) is 7.19. The van der Waals surface area contributed by atoms with Crippen LogP contribution in [0, 0.1) is 23.7 Å². The molecule has 0 aromatic heterocycles. The third kappa shape index (κ3) is 4.37. The fourth-order valence-electron chi connectivity index (χ4n) is 1.97. The van der Waals surface area contributed by atoms with Gasteiger partial charge in [-0.1, -0.05) is 47.9 Å². The Kier molecular flexibility index (Phi) is 4.29. The first-order chi connectivity index (χ1) is 10.2. The highest BCUT2D eigenvalue weighted by molar-refractivity contribution is 5.92. The second-order valence-electron chi connectivity index (χ2n) is 6.32. The number of hydrogen-bond acceptors (Lipinski definition) is 2. The van der Waals surface area contributed by atoms with Crippen LogP contribution >= 0.6 is 0 Å². The summed E-state index contributed by atoms with van der Waals surface area (Å²) in [6, 6.07) is 11.7. The van der Waals surface area contributed by atoms with Crippen LogP contribution in [-0.2, 0) is 0 Å². The zero-order valence-corrected chi connectivity index (χ0v) is 13.4. The van der Waals surface area contributed by atoms with Gasteiger partial charge < -0.3 is 10.2 Å². The van der Waals surface area contributed by atoms with Crippen molar-refractivity contribution in [3.05, 3.63) is 47.5 Å². The SMILES string of the molecule is CC(C)(O)C#Cc1cccc2c(C#CC(C)(C)O)cccc12. The van der Waals surface area contributed by atoms with E-state index < -0.39 is 11.2 Å². The largest absolute Gasteiger partial charge is 0.378 e. The van der Waals surface area contributed by atoms with Gasteiger partial charge in [-0.05, 0) is 50.6 Å². The van der Waals surface area contributed by atoms with E-state index in [0.717, 1.165) is 21.9 Å². The molecule has 0 aliphatic rings. The van der Waals surface area contributed by atoms with E-state index >= 15 is 0 Å². The van der Waals surface area contributed by atoms with Crippen LogP contribution in [0.2, 0.25) is 0 Å². The molecule has 2 nitrogen and oxygen atoms in total. The molecule has 2 heteroatoms. The van der Waals surface area contributed by atoms with Crippen molar-refractivity contribution in [2.24, 2.45) is 0 Å². The Morgan fingerprint density at radius 2 is 1.05 bits per heavy atom. The van der Waals surface area contributed by atoms with Crippen molar-refractivity contribution in [2.45, 2.75) is 38.9 Å². The summed E-state index contributed by atoms with van der Waals surface area (Å²) in [6.45, 7) is 6.63. The number of aliphatic hydroxyl groups is 2. The van der Waals surface area contributed by atoms with E-state index in [0.29, 0.717) is 0 Å². The monoisotopic (exact) mass is 292 g/mol. The minimum absolute atomic E-state index is 0.853. The lowest BCUT2D eigenvalue weighted by Crippen LogP contribution is -2.14. The molecule has 2 aromatic carbocycles. The van der Waals surface area contributed by atoms with E-state index in [-0.39, 0.29) is 0 Å². The Balaban J connectivity index is 2.60. The smallest absolute Gasteiger partial charge is 0.120 e. The molecule has 0 amide bonds. The van der Waals surface area contributed by atoms with Crippen LogP contribution in [0.5, 0.6) is 0 Å². The first-order valence-corrected chi connectivity index (χ1v) is 7.19. The van der Waals surface area contributed by atoms with Crippen LogP contribution in [-0.4, -0.2) is 21.4 Å². The second kappa shape index (κ2) is 5.85. The molecule has 0 saturated heterocycles. The summed E-state index contributed by atoms with van der Waals surface area (Å²) in [7, 11) is 0. The van der Waals surface area contributed by atoms with Crippen molar-refractivity contribution in [1.82, 2.24) is 0 Å². The number of hydrogen-bond donors (Lipinski definition) is 2. The summed E-state index contributed by atoms with van der Waals surface area (Å²) in [4.78, 5) is 0. The van der Waals surface area contributed by atoms with Crippen LogP contribution in [0.4, 0.5) is 0 Å². The summed E-state index contributed by atoms with van der Waals surface area (Å²) in [5, 5.41) is 21.5. The zero-order valence-electron chi connectivity index (χ0n) is 13.4. The van der Waals surface area contributed by atoms with Gasteiger partial charge in [0, 0.05) is 11.1 Å². The molecule has 0 aliphatic heterocycles. The second-order valence-corrected chi connectivity index (χ2v) is 6.32. The number of fused-ring (bicyclic) bond motifs is 1. The van der Waals surface area contributed by atoms with Gasteiger partial charge in [-0.2, -0.15) is 0 Å². The molecule has 0 fully saturated rings. The maximum absolute atomic E-state index is 9.76. The van der Waals surface area contributed by atoms with E-state index in [9.17, 15) is 10.2 Å². The number of benzene rings is 2. The van der Waals surface area contributed by atoms with Crippen LogP contribution in [0.3, 0.4) is 0 Å². The molecule has 0 radical (unpaired) electrons. The minimum Gasteiger partial charge on any atom is -0.378 e. The highest BCUT2D eigenvalue weighted by Gasteiger charge is 2.08. The molecule has 0 atom stereocenters. The standard InChI is InChI=1S/C20H20O2/c1-19(2,21)13-11-15-7-5-10-18-16(8-6-9-17(15)18)12-14-20(3,4)22/h5-10,21-22H,1-4H3. The predicted molar refractivity (Wildman–Crippen MR) is 90.3 cm³/mol. The first kappa shape index (κ1) is 16.1. The lowest BCUT2D eigenvalue weighted by Gasteiger charge is -2.08. The fourth-order valence-corrected chi connectivity index (χ4v) is 1.97. The molecular weight excluding hydrogens is 272 g/mol. The van der Waals surface area contributed by atoms with Gasteiger partial charge in [-0.25, -0.2) is 0 Å². The summed E-state index contributed by atoms with van der Waals surface area (Å²) in [5.41, 5.74) is -0.348. The Labute approximate surface area is 131 Å². The van der Waals surface area contributed by atoms with E-state index in [1.54, 1.807) is 27.7 Å². The van der Waals surface area contributed by atoms with Crippen molar-refractivity contribution in [3.8, 4) is 23.7 Å². The van der Waals surface area contributed by atoms with Gasteiger partial charge in [-0.3, -0.25) is 0 Å². The summed E-state index contributed by atoms with van der Waals surface area (Å²) < 4.78 is 0. The van der Waals surface area contributed by atoms with E-state index in [1.165, 1.54) is 0 Å². The van der Waals surface area contributed by atoms with Gasteiger partial charge in [0.15, 0.2) is 0 Å². The molecule has 2 rings (SSSR count). The van der Waals surface area contributed by atoms with Crippen molar-refractivity contribution < 1.29 is 10.2 Å². The molecule has 0 heterocycles. The van der Waals surface area contributed by atoms with E-state index in [2.05, 4.69) is 23.7 Å². The molecule has 0 saturated carbocycles. The molecule has 2 N–H and O–H groups in total. The van der Waals surface area contributed by atoms with Crippen molar-refractivity contribution >= 4 is 10.8 Å². The lowest BCUT2D eigenvalue weighted by atomic mass is 9.99. The van der Waals surface area contributed by atoms with Crippen LogP contribution in [0.25, 0.3) is 10.8 Å². The molecule has 0 unspecified atom stereocenters. The molecule has 0 bridgehead atoms. The third-order valence-electron chi connectivity index (χ3n) is 2.93. The van der Waals surface area contributed by atoms with E-state index in [1.807, 2.05) is 36.4 Å². The molecule has 22 heavy (non-hydrogen) atoms. The molecule has 0 spiro atoms. The Morgan fingerprint density at radius 1 is 0.682 bits per heavy atom. The Hall–Kier alpha value is -2.26. The summed E-state index contributed by atoms with van der Waals surface area (Å²) in [5.74, 6) is 11.7. The topological polar surface area (TPSA) is 40.5 Å². The van der Waals surface area contributed by atoms with E-state index in [4.69, 9.17) is 0 Å². The van der Waals surface area contributed by atoms with Gasteiger partial charge in [0.2, 0.25) is 0 Å². The fraction of sp³-hybridized carbons (Fsp3) is 0.300. The van der Waals surface area contributed by atoms with Gasteiger partial charge >= 0.3 is 0 Å². The Morgan fingerprint density at radius 3 is 1.36 bits per heavy atom. The minimum atomic E-state index is -1.03. The van der Waals surface area contributed by atoms with Gasteiger partial charge in [0.25, 0.3) is 0 Å². The van der Waals surface area contributed by atoms with Crippen LogP contribution in [0.1, 0.15) is 38.8 Å². The molecule has 112 valence electrons. The van der Waals surface area contributed by atoms with Gasteiger partial charge in [0.05, 0.1) is 0 Å².